The first kappa shape index (κ1) is 16.2. The fourth-order valence-corrected chi connectivity index (χ4v) is 3.79. The highest BCUT2D eigenvalue weighted by molar-refractivity contribution is 7.89. The van der Waals surface area contributed by atoms with Crippen LogP contribution in [0, 0.1) is 5.82 Å². The first-order chi connectivity index (χ1) is 9.90. The van der Waals surface area contributed by atoms with Crippen molar-refractivity contribution >= 4 is 15.7 Å². The van der Waals surface area contributed by atoms with Gasteiger partial charge < -0.3 is 5.73 Å². The van der Waals surface area contributed by atoms with E-state index in [-0.39, 0.29) is 16.6 Å². The average Bonchev–Trinajstić information content (AvgIpc) is 2.45. The molecule has 1 fully saturated rings. The predicted molar refractivity (Wildman–Crippen MR) is 80.9 cm³/mol. The van der Waals surface area contributed by atoms with Crippen LogP contribution < -0.4 is 10.5 Å². The lowest BCUT2D eigenvalue weighted by Crippen LogP contribution is -2.44. The first-order valence-corrected chi connectivity index (χ1v) is 8.67. The van der Waals surface area contributed by atoms with Crippen molar-refractivity contribution in [3.8, 4) is 0 Å². The molecule has 0 aromatic heterocycles. The molecule has 7 heteroatoms. The van der Waals surface area contributed by atoms with Crippen molar-refractivity contribution in [2.75, 3.05) is 25.4 Å². The number of nitrogens with zero attached hydrogens (tertiary/aromatic N) is 1. The predicted octanol–water partition coefficient (Wildman–Crippen LogP) is 1.56. The number of likely N-dealkylation sites (tertiary alicyclic amines) is 1. The molecule has 21 heavy (non-hydrogen) atoms. The fourth-order valence-electron chi connectivity index (χ4n) is 2.56. The molecule has 0 radical (unpaired) electrons. The highest BCUT2D eigenvalue weighted by Crippen LogP contribution is 2.19. The molecule has 5 nitrogen and oxygen atoms in total. The highest BCUT2D eigenvalue weighted by Gasteiger charge is 2.21. The Kier molecular flexibility index (Phi) is 5.18. The molecule has 118 valence electrons. The molecule has 0 bridgehead atoms. The molecule has 1 saturated heterocycles. The molecule has 1 aromatic rings. The van der Waals surface area contributed by atoms with Gasteiger partial charge in [-0.25, -0.2) is 17.5 Å². The Bertz CT molecular complexity index is 586. The van der Waals surface area contributed by atoms with E-state index in [2.05, 4.69) is 9.62 Å². The quantitative estimate of drug-likeness (QED) is 0.809. The summed E-state index contributed by atoms with van der Waals surface area (Å²) in [5, 5.41) is 0. The van der Waals surface area contributed by atoms with E-state index in [0.717, 1.165) is 38.1 Å². The zero-order valence-electron chi connectivity index (χ0n) is 12.2. The van der Waals surface area contributed by atoms with Crippen LogP contribution in [-0.4, -0.2) is 39.0 Å². The van der Waals surface area contributed by atoms with Gasteiger partial charge in [0.2, 0.25) is 10.0 Å². The number of rotatable bonds is 5. The van der Waals surface area contributed by atoms with Crippen molar-refractivity contribution in [1.82, 2.24) is 9.62 Å². The number of hydrogen-bond acceptors (Lipinski definition) is 4. The Labute approximate surface area is 125 Å². The average molecular weight is 315 g/mol. The van der Waals surface area contributed by atoms with Gasteiger partial charge in [-0.15, -0.1) is 0 Å². The van der Waals surface area contributed by atoms with Gasteiger partial charge in [0.25, 0.3) is 0 Å². The molecule has 1 aromatic carbocycles. The largest absolute Gasteiger partial charge is 0.398 e. The van der Waals surface area contributed by atoms with Gasteiger partial charge >= 0.3 is 0 Å². The third-order valence-electron chi connectivity index (χ3n) is 3.84. The number of sulfonamides is 1. The van der Waals surface area contributed by atoms with E-state index in [1.165, 1.54) is 12.5 Å². The van der Waals surface area contributed by atoms with Crippen LogP contribution >= 0.6 is 0 Å². The topological polar surface area (TPSA) is 75.4 Å². The Morgan fingerprint density at radius 3 is 2.62 bits per heavy atom. The third-order valence-corrected chi connectivity index (χ3v) is 5.34. The summed E-state index contributed by atoms with van der Waals surface area (Å²) in [5.41, 5.74) is 5.51. The molecule has 0 amide bonds. The van der Waals surface area contributed by atoms with Crippen molar-refractivity contribution in [2.45, 2.75) is 37.1 Å². The maximum atomic E-state index is 13.0. The van der Waals surface area contributed by atoms with Gasteiger partial charge in [0.1, 0.15) is 10.7 Å². The summed E-state index contributed by atoms with van der Waals surface area (Å²) >= 11 is 0. The van der Waals surface area contributed by atoms with Crippen LogP contribution in [0.2, 0.25) is 0 Å². The first-order valence-electron chi connectivity index (χ1n) is 7.19. The summed E-state index contributed by atoms with van der Waals surface area (Å²) in [4.78, 5) is 2.20. The minimum Gasteiger partial charge on any atom is -0.398 e. The molecular formula is C14H22FN3O2S. The molecule has 1 unspecified atom stereocenters. The number of halogens is 1. The maximum absolute atomic E-state index is 13.0. The summed E-state index contributed by atoms with van der Waals surface area (Å²) in [6, 6.07) is 3.43. The minimum atomic E-state index is -3.71. The smallest absolute Gasteiger partial charge is 0.242 e. The fraction of sp³-hybridized carbons (Fsp3) is 0.571. The van der Waals surface area contributed by atoms with E-state index in [0.29, 0.717) is 6.54 Å². The Hall–Kier alpha value is -1.18. The van der Waals surface area contributed by atoms with Gasteiger partial charge in [0.15, 0.2) is 0 Å². The Balaban J connectivity index is 2.00. The number of anilines is 1. The molecular weight excluding hydrogens is 293 g/mol. The van der Waals surface area contributed by atoms with Crippen molar-refractivity contribution in [1.29, 1.82) is 0 Å². The molecule has 0 saturated carbocycles. The molecule has 0 aliphatic carbocycles. The lowest BCUT2D eigenvalue weighted by Gasteiger charge is -2.32. The summed E-state index contributed by atoms with van der Waals surface area (Å²) in [7, 11) is -3.71. The van der Waals surface area contributed by atoms with Crippen LogP contribution in [0.1, 0.15) is 26.2 Å². The molecule has 1 aliphatic rings. The maximum Gasteiger partial charge on any atom is 0.242 e. The molecule has 1 heterocycles. The van der Waals surface area contributed by atoms with Gasteiger partial charge in [-0.2, -0.15) is 0 Å². The second kappa shape index (κ2) is 6.72. The normalized spacial score (nSPS) is 18.6. The monoisotopic (exact) mass is 315 g/mol. The minimum absolute atomic E-state index is 0.0743. The van der Waals surface area contributed by atoms with Crippen molar-refractivity contribution in [3.05, 3.63) is 24.0 Å². The summed E-state index contributed by atoms with van der Waals surface area (Å²) in [6.07, 6.45) is 3.55. The number of nitrogens with two attached hydrogens (primary N) is 1. The number of piperidine rings is 1. The van der Waals surface area contributed by atoms with Crippen LogP contribution in [0.3, 0.4) is 0 Å². The molecule has 1 atom stereocenters. The third kappa shape index (κ3) is 4.15. The van der Waals surface area contributed by atoms with Crippen LogP contribution in [-0.2, 0) is 10.0 Å². The molecule has 1 aliphatic heterocycles. The molecule has 0 spiro atoms. The Morgan fingerprint density at radius 1 is 1.33 bits per heavy atom. The zero-order chi connectivity index (χ0) is 15.5. The van der Waals surface area contributed by atoms with E-state index in [4.69, 9.17) is 5.73 Å². The summed E-state index contributed by atoms with van der Waals surface area (Å²) in [6.45, 7) is 4.32. The van der Waals surface area contributed by atoms with E-state index < -0.39 is 15.8 Å². The van der Waals surface area contributed by atoms with Gasteiger partial charge in [-0.05, 0) is 51.1 Å². The summed E-state index contributed by atoms with van der Waals surface area (Å²) in [5.74, 6) is -0.548. The van der Waals surface area contributed by atoms with Gasteiger partial charge in [-0.3, -0.25) is 4.90 Å². The van der Waals surface area contributed by atoms with Crippen molar-refractivity contribution in [2.24, 2.45) is 0 Å². The van der Waals surface area contributed by atoms with Crippen LogP contribution in [0.15, 0.2) is 23.1 Å². The standard InChI is InChI=1S/C14H22FN3O2S/c1-11(18-7-3-2-4-8-18)10-17-21(19,20)14-6-5-12(15)9-13(14)16/h5-6,9,11,17H,2-4,7-8,10,16H2,1H3. The van der Waals surface area contributed by atoms with Crippen molar-refractivity contribution < 1.29 is 12.8 Å². The zero-order valence-corrected chi connectivity index (χ0v) is 13.0. The Morgan fingerprint density at radius 2 is 2.00 bits per heavy atom. The van der Waals surface area contributed by atoms with Crippen LogP contribution in [0.5, 0.6) is 0 Å². The number of nitrogen functional groups attached to an aromatic ring is 1. The number of nitrogens with one attached hydrogen (secondary N) is 1. The summed E-state index contributed by atoms with van der Waals surface area (Å²) < 4.78 is 40.0. The second-order valence-corrected chi connectivity index (χ2v) is 7.22. The van der Waals surface area contributed by atoms with Crippen LogP contribution in [0.25, 0.3) is 0 Å². The van der Waals surface area contributed by atoms with Crippen molar-refractivity contribution in [3.63, 3.8) is 0 Å². The van der Waals surface area contributed by atoms with E-state index in [9.17, 15) is 12.8 Å². The lowest BCUT2D eigenvalue weighted by atomic mass is 10.1. The molecule has 2 rings (SSSR count). The van der Waals surface area contributed by atoms with E-state index >= 15 is 0 Å². The second-order valence-electron chi connectivity index (χ2n) is 5.48. The van der Waals surface area contributed by atoms with Crippen LogP contribution in [0.4, 0.5) is 10.1 Å². The van der Waals surface area contributed by atoms with Gasteiger partial charge in [0.05, 0.1) is 5.69 Å². The lowest BCUT2D eigenvalue weighted by molar-refractivity contribution is 0.175. The SMILES string of the molecule is CC(CNS(=O)(=O)c1ccc(F)cc1N)N1CCCCC1. The van der Waals surface area contributed by atoms with Gasteiger partial charge in [0, 0.05) is 12.6 Å². The number of hydrogen-bond donors (Lipinski definition) is 2. The number of benzene rings is 1. The molecule has 3 N–H and O–H groups in total. The highest BCUT2D eigenvalue weighted by atomic mass is 32.2. The van der Waals surface area contributed by atoms with Gasteiger partial charge in [-0.1, -0.05) is 6.42 Å². The van der Waals surface area contributed by atoms with E-state index in [1.54, 1.807) is 0 Å². The van der Waals surface area contributed by atoms with E-state index in [1.807, 2.05) is 6.92 Å².